The third kappa shape index (κ3) is 5.97. The van der Waals surface area contributed by atoms with Gasteiger partial charge in [-0.1, -0.05) is 59.3 Å². The summed E-state index contributed by atoms with van der Waals surface area (Å²) in [5.41, 5.74) is -0.228. The van der Waals surface area contributed by atoms with Gasteiger partial charge in [-0.25, -0.2) is 0 Å². The summed E-state index contributed by atoms with van der Waals surface area (Å²) in [5.74, 6) is -1.18. The maximum Gasteiger partial charge on any atom is 1.00 e. The molecule has 2 N–H and O–H groups in total. The van der Waals surface area contributed by atoms with Gasteiger partial charge in [-0.2, -0.15) is 13.5 Å². The summed E-state index contributed by atoms with van der Waals surface area (Å²) in [4.78, 5) is 12.8. The van der Waals surface area contributed by atoms with Crippen LogP contribution in [-0.4, -0.2) is 26.0 Å². The third-order valence-electron chi connectivity index (χ3n) is 5.51. The van der Waals surface area contributed by atoms with Gasteiger partial charge in [0.05, 0.1) is 27.7 Å². The molecule has 0 atom stereocenters. The van der Waals surface area contributed by atoms with E-state index in [4.69, 9.17) is 27.9 Å². The Balaban J connectivity index is 0.00000400. The number of fused-ring (bicyclic) bond motifs is 1. The minimum Gasteiger partial charge on any atom is -0.870 e. The van der Waals surface area contributed by atoms with E-state index in [1.165, 1.54) is 26.2 Å². The van der Waals surface area contributed by atoms with E-state index in [1.807, 2.05) is 0 Å². The van der Waals surface area contributed by atoms with Crippen LogP contribution in [0.3, 0.4) is 0 Å². The quantitative estimate of drug-likeness (QED) is 0.203. The van der Waals surface area contributed by atoms with Crippen molar-refractivity contribution in [2.24, 2.45) is 10.2 Å². The Bertz CT molecular complexity index is 1700. The Morgan fingerprint density at radius 3 is 2.37 bits per heavy atom. The minimum atomic E-state index is -4.55. The number of azo groups is 1. The summed E-state index contributed by atoms with van der Waals surface area (Å²) in [5, 5.41) is 25.3. The zero-order chi connectivity index (χ0) is 26.9. The first-order chi connectivity index (χ1) is 17.5. The van der Waals surface area contributed by atoms with Crippen molar-refractivity contribution in [1.82, 2.24) is 0 Å². The summed E-state index contributed by atoms with van der Waals surface area (Å²) in [6.07, 6.45) is 0. The Morgan fingerprint density at radius 2 is 1.68 bits per heavy atom. The second kappa shape index (κ2) is 12.0. The molecule has 0 aliphatic heterocycles. The molecule has 0 spiro atoms. The van der Waals surface area contributed by atoms with Gasteiger partial charge in [0.15, 0.2) is 0 Å². The number of rotatable bonds is 6. The van der Waals surface area contributed by atoms with E-state index in [2.05, 4.69) is 15.5 Å². The van der Waals surface area contributed by atoms with Crippen LogP contribution in [-0.2, 0) is 10.1 Å². The molecule has 0 aliphatic rings. The summed E-state index contributed by atoms with van der Waals surface area (Å²) < 4.78 is 38.1. The molecule has 190 valence electrons. The second-order valence-corrected chi connectivity index (χ2v) is 9.99. The molecular weight excluding hydrogens is 564 g/mol. The number of hydrogen-bond donors (Lipinski definition) is 2. The van der Waals surface area contributed by atoms with Gasteiger partial charge in [-0.3, -0.25) is 9.35 Å². The van der Waals surface area contributed by atoms with Gasteiger partial charge >= 0.3 is 29.6 Å². The fourth-order valence-electron chi connectivity index (χ4n) is 3.70. The predicted octanol–water partition coefficient (Wildman–Crippen LogP) is 3.46. The molecule has 0 unspecified atom stereocenters. The van der Waals surface area contributed by atoms with Crippen LogP contribution < -0.4 is 44.7 Å². The van der Waals surface area contributed by atoms with Crippen LogP contribution in [0.15, 0.2) is 75.8 Å². The van der Waals surface area contributed by atoms with Gasteiger partial charge in [-0.15, -0.1) is 5.11 Å². The molecule has 0 aliphatic carbocycles. The Hall–Kier alpha value is -2.70. The molecule has 4 aromatic rings. The van der Waals surface area contributed by atoms with Crippen LogP contribution in [0.2, 0.25) is 10.0 Å². The van der Waals surface area contributed by atoms with E-state index in [0.717, 1.165) is 6.07 Å². The van der Waals surface area contributed by atoms with Crippen molar-refractivity contribution in [3.63, 3.8) is 0 Å². The first-order valence-corrected chi connectivity index (χ1v) is 12.8. The fraction of sp³-hybridized carbons (Fsp3) is 0.0800. The number of benzene rings is 4. The largest absolute Gasteiger partial charge is 1.00 e. The molecule has 1 amide bonds. The predicted molar refractivity (Wildman–Crippen MR) is 140 cm³/mol. The van der Waals surface area contributed by atoms with Gasteiger partial charge in [0.25, 0.3) is 16.0 Å². The van der Waals surface area contributed by atoms with Crippen LogP contribution in [0.1, 0.15) is 15.9 Å². The molecule has 4 rings (SSSR count). The maximum atomic E-state index is 13.4. The van der Waals surface area contributed by atoms with Gasteiger partial charge in [0.1, 0.15) is 17.1 Å². The van der Waals surface area contributed by atoms with Gasteiger partial charge in [-0.05, 0) is 48.2 Å². The van der Waals surface area contributed by atoms with Gasteiger partial charge in [0.2, 0.25) is 0 Å². The first-order valence-electron chi connectivity index (χ1n) is 10.6. The number of anilines is 1. The van der Waals surface area contributed by atoms with Crippen molar-refractivity contribution in [2.75, 3.05) is 12.4 Å². The number of para-hydroxylation sites is 1. The van der Waals surface area contributed by atoms with Crippen molar-refractivity contribution in [1.29, 1.82) is 0 Å². The number of methoxy groups -OCH3 is 1. The number of carbonyl (C=O) groups is 1. The monoisotopic (exact) mass is 581 g/mol. The van der Waals surface area contributed by atoms with Crippen LogP contribution in [0.25, 0.3) is 10.8 Å². The summed E-state index contributed by atoms with van der Waals surface area (Å²) in [6.45, 7) is 1.39. The smallest absolute Gasteiger partial charge is 0.870 e. The zero-order valence-electron chi connectivity index (χ0n) is 20.3. The summed E-state index contributed by atoms with van der Waals surface area (Å²) in [7, 11) is -3.14. The normalized spacial score (nSPS) is 11.4. The molecular formula is C25H18Cl2N3NaO6S. The fourth-order valence-corrected chi connectivity index (χ4v) is 4.88. The van der Waals surface area contributed by atoms with Crippen LogP contribution in [0, 0.1) is 6.92 Å². The van der Waals surface area contributed by atoms with Crippen molar-refractivity contribution in [3.8, 4) is 11.5 Å². The molecule has 13 heteroatoms. The molecule has 0 heterocycles. The topological polar surface area (TPSA) is 140 Å². The number of nitrogens with one attached hydrogen (secondary N) is 1. The zero-order valence-corrected chi connectivity index (χ0v) is 24.6. The first kappa shape index (κ1) is 29.9. The molecule has 0 radical (unpaired) electrons. The molecule has 4 aromatic carbocycles. The Labute approximate surface area is 250 Å². The third-order valence-corrected chi connectivity index (χ3v) is 7.13. The van der Waals surface area contributed by atoms with E-state index in [-0.39, 0.29) is 67.8 Å². The minimum absolute atomic E-state index is 0. The Morgan fingerprint density at radius 1 is 1.00 bits per heavy atom. The van der Waals surface area contributed by atoms with Crippen molar-refractivity contribution in [3.05, 3.63) is 81.8 Å². The maximum absolute atomic E-state index is 13.4. The van der Waals surface area contributed by atoms with Crippen LogP contribution >= 0.6 is 23.2 Å². The van der Waals surface area contributed by atoms with E-state index in [9.17, 15) is 22.9 Å². The van der Waals surface area contributed by atoms with E-state index < -0.39 is 26.7 Å². The molecule has 0 bridgehead atoms. The molecule has 9 nitrogen and oxygen atoms in total. The van der Waals surface area contributed by atoms with Gasteiger partial charge in [0, 0.05) is 10.9 Å². The number of amides is 1. The molecule has 0 saturated heterocycles. The van der Waals surface area contributed by atoms with E-state index in [0.29, 0.717) is 16.5 Å². The molecule has 38 heavy (non-hydrogen) atoms. The standard InChI is InChI=1S/C25H19Cl2N3O6S.Na/c1-13-20(37(33,34)35)11-10-18(27)21(13)29-30-22-15-7-4-3-6-14(15)12-16(24(22)31)25(32)28-23-17(26)8-5-9-19(23)36-2;/h3-12,31H,1-2H3,(H,28,32)(H,33,34,35);/q;+1/p-1. The van der Waals surface area contributed by atoms with Crippen molar-refractivity contribution in [2.45, 2.75) is 11.8 Å². The molecule has 0 saturated carbocycles. The van der Waals surface area contributed by atoms with Gasteiger partial charge < -0.3 is 15.2 Å². The number of hydrogen-bond acceptors (Lipinski definition) is 7. The van der Waals surface area contributed by atoms with E-state index in [1.54, 1.807) is 42.5 Å². The number of nitrogens with zero attached hydrogens (tertiary/aromatic N) is 2. The molecule has 0 fully saturated rings. The SMILES string of the molecule is COc1cccc(Cl)c1NC(=O)c1cc2ccccc2c(N=Nc2c(Cl)ccc(S(=O)(=O)O)c2C)c1[O-].[Na+]. The van der Waals surface area contributed by atoms with Crippen LogP contribution in [0.5, 0.6) is 11.5 Å². The van der Waals surface area contributed by atoms with E-state index >= 15 is 0 Å². The number of carbonyl (C=O) groups excluding carboxylic acids is 1. The van der Waals surface area contributed by atoms with Crippen molar-refractivity contribution < 1.29 is 57.2 Å². The summed E-state index contributed by atoms with van der Waals surface area (Å²) >= 11 is 12.4. The Kier molecular flexibility index (Phi) is 9.43. The van der Waals surface area contributed by atoms with Crippen LogP contribution in [0.4, 0.5) is 17.1 Å². The molecule has 0 aromatic heterocycles. The summed E-state index contributed by atoms with van der Waals surface area (Å²) in [6, 6.07) is 15.3. The average Bonchev–Trinajstić information content (AvgIpc) is 2.85. The number of ether oxygens (including phenoxy) is 1. The number of halogens is 2. The second-order valence-electron chi connectivity index (χ2n) is 7.79. The van der Waals surface area contributed by atoms with Crippen molar-refractivity contribution >= 4 is 67.1 Å². The average molecular weight is 582 g/mol.